The predicted octanol–water partition coefficient (Wildman–Crippen LogP) is 4.86. The van der Waals surface area contributed by atoms with Crippen molar-refractivity contribution in [3.63, 3.8) is 0 Å². The summed E-state index contributed by atoms with van der Waals surface area (Å²) < 4.78 is 0. The van der Waals surface area contributed by atoms with Crippen LogP contribution in [0.3, 0.4) is 0 Å². The lowest BCUT2D eigenvalue weighted by molar-refractivity contribution is -0.136. The van der Waals surface area contributed by atoms with Crippen LogP contribution in [0.15, 0.2) is 54.6 Å². The molecule has 3 nitrogen and oxygen atoms in total. The summed E-state index contributed by atoms with van der Waals surface area (Å²) >= 11 is 0. The van der Waals surface area contributed by atoms with Crippen LogP contribution in [0.1, 0.15) is 47.6 Å². The van der Waals surface area contributed by atoms with E-state index in [1.165, 1.54) is 24.0 Å². The third kappa shape index (κ3) is 5.06. The van der Waals surface area contributed by atoms with Gasteiger partial charge >= 0.3 is 5.97 Å². The average Bonchev–Trinajstić information content (AvgIpc) is 3.16. The van der Waals surface area contributed by atoms with E-state index in [2.05, 4.69) is 60.4 Å². The van der Waals surface area contributed by atoms with Crippen LogP contribution in [0, 0.1) is 6.92 Å². The molecule has 1 N–H and O–H groups in total. The van der Waals surface area contributed by atoms with Crippen molar-refractivity contribution in [3.05, 3.63) is 76.9 Å². The third-order valence-corrected chi connectivity index (χ3v) is 5.00. The summed E-state index contributed by atoms with van der Waals surface area (Å²) in [7, 11) is 0. The van der Waals surface area contributed by atoms with E-state index in [9.17, 15) is 4.79 Å². The van der Waals surface area contributed by atoms with Gasteiger partial charge in [-0.25, -0.2) is 0 Å². The van der Waals surface area contributed by atoms with Gasteiger partial charge in [-0.15, -0.1) is 0 Å². The molecule has 26 heavy (non-hydrogen) atoms. The van der Waals surface area contributed by atoms with E-state index in [1.807, 2.05) is 12.1 Å². The molecule has 2 aromatic carbocycles. The van der Waals surface area contributed by atoms with Crippen LogP contribution in [0.5, 0.6) is 0 Å². The van der Waals surface area contributed by atoms with Gasteiger partial charge in [0.1, 0.15) is 0 Å². The summed E-state index contributed by atoms with van der Waals surface area (Å²) in [5.41, 5.74) is 4.81. The first kappa shape index (κ1) is 18.4. The van der Waals surface area contributed by atoms with E-state index in [0.717, 1.165) is 24.2 Å². The van der Waals surface area contributed by atoms with E-state index in [0.29, 0.717) is 12.5 Å². The van der Waals surface area contributed by atoms with E-state index in [4.69, 9.17) is 5.11 Å². The van der Waals surface area contributed by atoms with Crippen LogP contribution < -0.4 is 0 Å². The fourth-order valence-electron chi connectivity index (χ4n) is 3.53. The van der Waals surface area contributed by atoms with Gasteiger partial charge in [-0.1, -0.05) is 66.2 Å². The standard InChI is InChI=1S/C23H27NO2/c1-18-7-11-21(12-8-18)22(24-15-2-3-16-24)13-9-19-5-4-6-20(17-19)10-14-23(25)26/h4-9,11-13,17,22H,2-3,10,14-16H2,1H3,(H,25,26)/b13-9+. The Balaban J connectivity index is 1.78. The Hall–Kier alpha value is -2.39. The topological polar surface area (TPSA) is 40.5 Å². The maximum absolute atomic E-state index is 10.8. The molecule has 0 aliphatic carbocycles. The summed E-state index contributed by atoms with van der Waals surface area (Å²) in [4.78, 5) is 13.3. The van der Waals surface area contributed by atoms with Crippen LogP contribution in [0.2, 0.25) is 0 Å². The van der Waals surface area contributed by atoms with Crippen LogP contribution in [0.4, 0.5) is 0 Å². The number of aryl methyl sites for hydroxylation is 2. The minimum Gasteiger partial charge on any atom is -0.481 e. The molecule has 136 valence electrons. The van der Waals surface area contributed by atoms with E-state index >= 15 is 0 Å². The van der Waals surface area contributed by atoms with Crippen LogP contribution in [0.25, 0.3) is 6.08 Å². The second-order valence-electron chi connectivity index (χ2n) is 7.10. The third-order valence-electron chi connectivity index (χ3n) is 5.00. The van der Waals surface area contributed by atoms with Crippen molar-refractivity contribution in [1.82, 2.24) is 4.90 Å². The van der Waals surface area contributed by atoms with Gasteiger partial charge < -0.3 is 5.11 Å². The molecule has 1 aliphatic rings. The van der Waals surface area contributed by atoms with E-state index in [1.54, 1.807) is 0 Å². The lowest BCUT2D eigenvalue weighted by Gasteiger charge is -2.25. The summed E-state index contributed by atoms with van der Waals surface area (Å²) in [6.45, 7) is 4.40. The number of hydrogen-bond acceptors (Lipinski definition) is 2. The van der Waals surface area contributed by atoms with Crippen molar-refractivity contribution in [2.75, 3.05) is 13.1 Å². The molecule has 0 bridgehead atoms. The molecule has 1 fully saturated rings. The molecule has 0 radical (unpaired) electrons. The van der Waals surface area contributed by atoms with Crippen LogP contribution in [-0.2, 0) is 11.2 Å². The SMILES string of the molecule is Cc1ccc(C(/C=C/c2cccc(CCC(=O)O)c2)N2CCCC2)cc1. The number of nitrogens with zero attached hydrogens (tertiary/aromatic N) is 1. The molecule has 3 rings (SSSR count). The zero-order chi connectivity index (χ0) is 18.4. The number of aliphatic carboxylic acids is 1. The van der Waals surface area contributed by atoms with Gasteiger partial charge in [0.15, 0.2) is 0 Å². The molecule has 0 amide bonds. The van der Waals surface area contributed by atoms with Crippen molar-refractivity contribution in [2.24, 2.45) is 0 Å². The molecule has 1 aliphatic heterocycles. The molecule has 1 atom stereocenters. The first-order chi connectivity index (χ1) is 12.6. The Kier molecular flexibility index (Phi) is 6.24. The number of hydrogen-bond donors (Lipinski definition) is 1. The quantitative estimate of drug-likeness (QED) is 0.776. The second kappa shape index (κ2) is 8.81. The Labute approximate surface area is 156 Å². The minimum absolute atomic E-state index is 0.174. The van der Waals surface area contributed by atoms with Crippen molar-refractivity contribution in [3.8, 4) is 0 Å². The highest BCUT2D eigenvalue weighted by Crippen LogP contribution is 2.27. The Bertz CT molecular complexity index is 758. The number of carbonyl (C=O) groups is 1. The van der Waals surface area contributed by atoms with Gasteiger partial charge in [0.25, 0.3) is 0 Å². The summed E-state index contributed by atoms with van der Waals surface area (Å²) in [5.74, 6) is -0.751. The van der Waals surface area contributed by atoms with Crippen molar-refractivity contribution in [2.45, 2.75) is 38.6 Å². The predicted molar refractivity (Wildman–Crippen MR) is 106 cm³/mol. The maximum Gasteiger partial charge on any atom is 0.303 e. The molecule has 3 heteroatoms. The van der Waals surface area contributed by atoms with Crippen LogP contribution in [-0.4, -0.2) is 29.1 Å². The van der Waals surface area contributed by atoms with Gasteiger partial charge in [-0.2, -0.15) is 0 Å². The Morgan fingerprint density at radius 1 is 1.15 bits per heavy atom. The average molecular weight is 349 g/mol. The number of carboxylic acids is 1. The molecule has 1 heterocycles. The van der Waals surface area contributed by atoms with Gasteiger partial charge in [0.05, 0.1) is 6.04 Å². The first-order valence-corrected chi connectivity index (χ1v) is 9.41. The number of likely N-dealkylation sites (tertiary alicyclic amines) is 1. The monoisotopic (exact) mass is 349 g/mol. The maximum atomic E-state index is 10.8. The first-order valence-electron chi connectivity index (χ1n) is 9.41. The number of carboxylic acid groups (broad SMARTS) is 1. The Morgan fingerprint density at radius 3 is 2.58 bits per heavy atom. The Morgan fingerprint density at radius 2 is 1.88 bits per heavy atom. The fraction of sp³-hybridized carbons (Fsp3) is 0.348. The molecule has 0 aromatic heterocycles. The van der Waals surface area contributed by atoms with Gasteiger partial charge in [0.2, 0.25) is 0 Å². The summed E-state index contributed by atoms with van der Waals surface area (Å²) in [5, 5.41) is 8.87. The molecule has 1 saturated heterocycles. The summed E-state index contributed by atoms with van der Waals surface area (Å²) in [6, 6.07) is 17.3. The minimum atomic E-state index is -0.751. The second-order valence-corrected chi connectivity index (χ2v) is 7.10. The zero-order valence-corrected chi connectivity index (χ0v) is 15.4. The number of rotatable bonds is 7. The van der Waals surface area contributed by atoms with E-state index < -0.39 is 5.97 Å². The number of benzene rings is 2. The highest BCUT2D eigenvalue weighted by molar-refractivity contribution is 5.67. The highest BCUT2D eigenvalue weighted by atomic mass is 16.4. The zero-order valence-electron chi connectivity index (χ0n) is 15.4. The summed E-state index contributed by atoms with van der Waals surface area (Å²) in [6.07, 6.45) is 7.73. The van der Waals surface area contributed by atoms with Crippen molar-refractivity contribution >= 4 is 12.0 Å². The molecular weight excluding hydrogens is 322 g/mol. The lowest BCUT2D eigenvalue weighted by atomic mass is 10.0. The molecule has 0 spiro atoms. The lowest BCUT2D eigenvalue weighted by Crippen LogP contribution is -2.24. The fourth-order valence-corrected chi connectivity index (χ4v) is 3.53. The van der Waals surface area contributed by atoms with Gasteiger partial charge in [0, 0.05) is 6.42 Å². The largest absolute Gasteiger partial charge is 0.481 e. The molecule has 1 unspecified atom stereocenters. The normalized spacial score (nSPS) is 16.2. The van der Waals surface area contributed by atoms with E-state index in [-0.39, 0.29) is 6.42 Å². The van der Waals surface area contributed by atoms with Gasteiger partial charge in [-0.05, 0) is 56.0 Å². The molecule has 0 saturated carbocycles. The van der Waals surface area contributed by atoms with Crippen molar-refractivity contribution < 1.29 is 9.90 Å². The van der Waals surface area contributed by atoms with Crippen LogP contribution >= 0.6 is 0 Å². The highest BCUT2D eigenvalue weighted by Gasteiger charge is 2.21. The molecule has 2 aromatic rings. The smallest absolute Gasteiger partial charge is 0.303 e. The van der Waals surface area contributed by atoms with Crippen molar-refractivity contribution in [1.29, 1.82) is 0 Å². The van der Waals surface area contributed by atoms with Gasteiger partial charge in [-0.3, -0.25) is 9.69 Å². The molecular formula is C23H27NO2.